The molecule has 0 aliphatic carbocycles. The molecule has 1 saturated heterocycles. The van der Waals surface area contributed by atoms with Crippen LogP contribution in [0.2, 0.25) is 5.02 Å². The van der Waals surface area contributed by atoms with E-state index in [4.69, 9.17) is 11.6 Å². The van der Waals surface area contributed by atoms with Crippen LogP contribution in [0.4, 0.5) is 5.69 Å². The Bertz CT molecular complexity index is 564. The van der Waals surface area contributed by atoms with Crippen LogP contribution in [0.5, 0.6) is 0 Å². The summed E-state index contributed by atoms with van der Waals surface area (Å²) in [5.41, 5.74) is 2.38. The van der Waals surface area contributed by atoms with Crippen molar-refractivity contribution < 1.29 is 4.79 Å². The summed E-state index contributed by atoms with van der Waals surface area (Å²) < 4.78 is 0. The van der Waals surface area contributed by atoms with Gasteiger partial charge in [0, 0.05) is 29.3 Å². The molecule has 3 nitrogen and oxygen atoms in total. The van der Waals surface area contributed by atoms with Crippen LogP contribution in [0.3, 0.4) is 0 Å². The van der Waals surface area contributed by atoms with Crippen LogP contribution in [-0.4, -0.2) is 35.5 Å². The number of amides is 1. The second-order valence-electron chi connectivity index (χ2n) is 7.04. The predicted molar refractivity (Wildman–Crippen MR) is 87.0 cm³/mol. The fourth-order valence-corrected chi connectivity index (χ4v) is 3.73. The molecule has 1 unspecified atom stereocenters. The molecule has 0 radical (unpaired) electrons. The molecule has 0 spiro atoms. The topological polar surface area (TPSA) is 23.6 Å². The maximum absolute atomic E-state index is 12.8. The number of anilines is 1. The third-order valence-corrected chi connectivity index (χ3v) is 4.79. The van der Waals surface area contributed by atoms with Crippen LogP contribution in [0.1, 0.15) is 39.2 Å². The van der Waals surface area contributed by atoms with E-state index < -0.39 is 0 Å². The van der Waals surface area contributed by atoms with Gasteiger partial charge in [0.1, 0.15) is 6.04 Å². The lowest BCUT2D eigenvalue weighted by Gasteiger charge is -2.37. The third-order valence-electron chi connectivity index (χ3n) is 4.56. The van der Waals surface area contributed by atoms with Gasteiger partial charge in [0.2, 0.25) is 5.91 Å². The quantitative estimate of drug-likeness (QED) is 0.793. The van der Waals surface area contributed by atoms with Crippen LogP contribution in [0, 0.1) is 0 Å². The summed E-state index contributed by atoms with van der Waals surface area (Å²) in [6.07, 6.45) is 3.06. The highest BCUT2D eigenvalue weighted by Gasteiger charge is 2.41. The van der Waals surface area contributed by atoms with E-state index in [1.807, 2.05) is 17.0 Å². The summed E-state index contributed by atoms with van der Waals surface area (Å²) >= 11 is 6.10. The molecule has 1 amide bonds. The summed E-state index contributed by atoms with van der Waals surface area (Å²) in [6.45, 7) is 8.14. The Morgan fingerprint density at radius 2 is 2.00 bits per heavy atom. The highest BCUT2D eigenvalue weighted by atomic mass is 35.5. The zero-order chi connectivity index (χ0) is 15.2. The van der Waals surface area contributed by atoms with Crippen molar-refractivity contribution in [3.8, 4) is 0 Å². The van der Waals surface area contributed by atoms with Crippen LogP contribution in [0.15, 0.2) is 18.2 Å². The molecule has 21 heavy (non-hydrogen) atoms. The van der Waals surface area contributed by atoms with E-state index in [-0.39, 0.29) is 17.5 Å². The molecule has 3 rings (SSSR count). The van der Waals surface area contributed by atoms with Crippen LogP contribution >= 0.6 is 11.6 Å². The average molecular weight is 307 g/mol. The number of benzene rings is 1. The number of fused-ring (bicyclic) bond motifs is 1. The van der Waals surface area contributed by atoms with Gasteiger partial charge in [-0.3, -0.25) is 4.79 Å². The Morgan fingerprint density at radius 1 is 1.24 bits per heavy atom. The normalized spacial score (nSPS) is 22.7. The standard InChI is InChI=1S/C17H23ClN2O/c1-17(2,3)20-10-8-15(16(20)21)19-9-4-5-12-11-13(18)6-7-14(12)19/h6-7,11,15H,4-5,8-10H2,1-3H3. The number of halogens is 1. The van der Waals surface area contributed by atoms with Crippen molar-refractivity contribution in [3.63, 3.8) is 0 Å². The Morgan fingerprint density at radius 3 is 2.67 bits per heavy atom. The maximum atomic E-state index is 12.8. The van der Waals surface area contributed by atoms with Gasteiger partial charge in [-0.15, -0.1) is 0 Å². The van der Waals surface area contributed by atoms with Crippen molar-refractivity contribution in [2.24, 2.45) is 0 Å². The van der Waals surface area contributed by atoms with Gasteiger partial charge in [-0.05, 0) is 63.8 Å². The largest absolute Gasteiger partial charge is 0.359 e. The molecule has 114 valence electrons. The smallest absolute Gasteiger partial charge is 0.245 e. The SMILES string of the molecule is CC(C)(C)N1CCC(N2CCCc3cc(Cl)ccc32)C1=O. The molecule has 4 heteroatoms. The molecule has 0 aromatic heterocycles. The molecule has 1 aromatic rings. The maximum Gasteiger partial charge on any atom is 0.245 e. The van der Waals surface area contributed by atoms with Gasteiger partial charge < -0.3 is 9.80 Å². The molecule has 1 fully saturated rings. The molecule has 0 bridgehead atoms. The molecule has 0 saturated carbocycles. The van der Waals surface area contributed by atoms with Crippen molar-refractivity contribution in [2.75, 3.05) is 18.0 Å². The molecule has 1 aromatic carbocycles. The van der Waals surface area contributed by atoms with E-state index in [1.54, 1.807) is 0 Å². The van der Waals surface area contributed by atoms with Crippen molar-refractivity contribution in [2.45, 2.75) is 51.6 Å². The van der Waals surface area contributed by atoms with E-state index in [1.165, 1.54) is 11.3 Å². The Labute approximate surface area is 131 Å². The van der Waals surface area contributed by atoms with E-state index >= 15 is 0 Å². The van der Waals surface area contributed by atoms with Gasteiger partial charge in [0.05, 0.1) is 0 Å². The Balaban J connectivity index is 1.88. The molecule has 0 N–H and O–H groups in total. The molecule has 2 aliphatic heterocycles. The molecular formula is C17H23ClN2O. The average Bonchev–Trinajstić information content (AvgIpc) is 2.79. The van der Waals surface area contributed by atoms with Gasteiger partial charge >= 0.3 is 0 Å². The summed E-state index contributed by atoms with van der Waals surface area (Å²) in [5.74, 6) is 0.269. The lowest BCUT2D eigenvalue weighted by molar-refractivity contribution is -0.132. The second kappa shape index (κ2) is 5.20. The highest BCUT2D eigenvalue weighted by molar-refractivity contribution is 6.30. The van der Waals surface area contributed by atoms with Gasteiger partial charge in [-0.1, -0.05) is 11.6 Å². The number of nitrogens with zero attached hydrogens (tertiary/aromatic N) is 2. The first-order valence-corrected chi connectivity index (χ1v) is 8.12. The molecule has 2 heterocycles. The zero-order valence-corrected chi connectivity index (χ0v) is 13.8. The lowest BCUT2D eigenvalue weighted by Crippen LogP contribution is -2.49. The van der Waals surface area contributed by atoms with Crippen LogP contribution in [0.25, 0.3) is 0 Å². The number of likely N-dealkylation sites (tertiary alicyclic amines) is 1. The Kier molecular flexibility index (Phi) is 3.64. The van der Waals surface area contributed by atoms with E-state index in [0.29, 0.717) is 0 Å². The Hall–Kier alpha value is -1.22. The fourth-order valence-electron chi connectivity index (χ4n) is 3.54. The van der Waals surface area contributed by atoms with E-state index in [2.05, 4.69) is 31.7 Å². The monoisotopic (exact) mass is 306 g/mol. The number of hydrogen-bond donors (Lipinski definition) is 0. The predicted octanol–water partition coefficient (Wildman–Crippen LogP) is 3.49. The van der Waals surface area contributed by atoms with Crippen molar-refractivity contribution in [1.82, 2.24) is 4.90 Å². The van der Waals surface area contributed by atoms with E-state index in [9.17, 15) is 4.79 Å². The van der Waals surface area contributed by atoms with Gasteiger partial charge in [0.25, 0.3) is 0 Å². The van der Waals surface area contributed by atoms with Gasteiger partial charge in [-0.2, -0.15) is 0 Å². The molecular weight excluding hydrogens is 284 g/mol. The first kappa shape index (κ1) is 14.7. The number of aryl methyl sites for hydroxylation is 1. The summed E-state index contributed by atoms with van der Waals surface area (Å²) in [4.78, 5) is 17.1. The fraction of sp³-hybridized carbons (Fsp3) is 0.588. The summed E-state index contributed by atoms with van der Waals surface area (Å²) in [6, 6.07) is 6.04. The van der Waals surface area contributed by atoms with Gasteiger partial charge in [-0.25, -0.2) is 0 Å². The van der Waals surface area contributed by atoms with Crippen molar-refractivity contribution >= 4 is 23.2 Å². The van der Waals surface area contributed by atoms with Crippen LogP contribution in [-0.2, 0) is 11.2 Å². The third kappa shape index (κ3) is 2.64. The van der Waals surface area contributed by atoms with E-state index in [0.717, 1.165) is 37.4 Å². The second-order valence-corrected chi connectivity index (χ2v) is 7.47. The number of rotatable bonds is 1. The minimum atomic E-state index is -0.0928. The van der Waals surface area contributed by atoms with Gasteiger partial charge in [0.15, 0.2) is 0 Å². The molecule has 1 atom stereocenters. The number of hydrogen-bond acceptors (Lipinski definition) is 2. The lowest BCUT2D eigenvalue weighted by atomic mass is 9.99. The van der Waals surface area contributed by atoms with Crippen LogP contribution < -0.4 is 4.90 Å². The highest BCUT2D eigenvalue weighted by Crippen LogP contribution is 2.34. The minimum Gasteiger partial charge on any atom is -0.359 e. The zero-order valence-electron chi connectivity index (χ0n) is 13.0. The summed E-state index contributed by atoms with van der Waals surface area (Å²) in [5, 5.41) is 0.782. The first-order valence-electron chi connectivity index (χ1n) is 7.74. The van der Waals surface area contributed by atoms with Crippen molar-refractivity contribution in [1.29, 1.82) is 0 Å². The first-order chi connectivity index (χ1) is 9.88. The number of carbonyl (C=O) groups is 1. The minimum absolute atomic E-state index is 0.00977. The summed E-state index contributed by atoms with van der Waals surface area (Å²) in [7, 11) is 0. The van der Waals surface area contributed by atoms with Crippen molar-refractivity contribution in [3.05, 3.63) is 28.8 Å². The number of carbonyl (C=O) groups excluding carboxylic acids is 1. The molecule has 2 aliphatic rings.